The fourth-order valence-electron chi connectivity index (χ4n) is 2.02. The number of hydrogen-bond acceptors (Lipinski definition) is 4. The topological polar surface area (TPSA) is 57.6 Å². The van der Waals surface area contributed by atoms with E-state index in [9.17, 15) is 14.7 Å². The highest BCUT2D eigenvalue weighted by Crippen LogP contribution is 2.33. The highest BCUT2D eigenvalue weighted by Gasteiger charge is 2.41. The minimum atomic E-state index is -0.917. The summed E-state index contributed by atoms with van der Waals surface area (Å²) in [6.45, 7) is 3.91. The predicted octanol–water partition coefficient (Wildman–Crippen LogP) is 2.43. The molecule has 1 saturated heterocycles. The molecule has 98 valence electrons. The van der Waals surface area contributed by atoms with E-state index in [4.69, 9.17) is 0 Å². The van der Waals surface area contributed by atoms with Gasteiger partial charge in [-0.1, -0.05) is 6.92 Å². The number of amides is 1. The maximum absolute atomic E-state index is 12.4. The van der Waals surface area contributed by atoms with Crippen LogP contribution in [0.1, 0.15) is 27.9 Å². The van der Waals surface area contributed by atoms with Crippen LogP contribution in [-0.2, 0) is 4.79 Å². The van der Waals surface area contributed by atoms with Gasteiger partial charge >= 0.3 is 5.97 Å². The molecule has 2 unspecified atom stereocenters. The van der Waals surface area contributed by atoms with Crippen LogP contribution in [0.25, 0.3) is 0 Å². The number of thioether (sulfide) groups is 1. The lowest BCUT2D eigenvalue weighted by Gasteiger charge is -2.26. The molecule has 1 aliphatic heterocycles. The molecule has 1 aromatic rings. The van der Waals surface area contributed by atoms with E-state index in [2.05, 4.69) is 0 Å². The Morgan fingerprint density at radius 1 is 1.50 bits per heavy atom. The Morgan fingerprint density at radius 2 is 2.22 bits per heavy atom. The fourth-order valence-corrected chi connectivity index (χ4v) is 4.18. The second-order valence-electron chi connectivity index (χ2n) is 4.17. The van der Waals surface area contributed by atoms with Crippen LogP contribution in [0.5, 0.6) is 0 Å². The average Bonchev–Trinajstić information content (AvgIpc) is 2.93. The summed E-state index contributed by atoms with van der Waals surface area (Å²) in [6, 6.07) is 2.96. The molecule has 1 fully saturated rings. The molecule has 0 saturated carbocycles. The third kappa shape index (κ3) is 2.40. The van der Waals surface area contributed by atoms with Crippen molar-refractivity contribution in [1.82, 2.24) is 4.90 Å². The molecular weight excluding hydrogens is 270 g/mol. The monoisotopic (exact) mass is 285 g/mol. The molecule has 6 heteroatoms. The number of aryl methyl sites for hydroxylation is 1. The van der Waals surface area contributed by atoms with Crippen LogP contribution in [0.4, 0.5) is 0 Å². The van der Waals surface area contributed by atoms with Crippen molar-refractivity contribution in [2.75, 3.05) is 5.75 Å². The first-order valence-corrected chi connectivity index (χ1v) is 7.64. The highest BCUT2D eigenvalue weighted by molar-refractivity contribution is 8.00. The number of carboxylic acids is 1. The largest absolute Gasteiger partial charge is 0.480 e. The molecule has 1 aliphatic rings. The average molecular weight is 285 g/mol. The van der Waals surface area contributed by atoms with Crippen LogP contribution in [0.15, 0.2) is 12.1 Å². The summed E-state index contributed by atoms with van der Waals surface area (Å²) >= 11 is 2.96. The van der Waals surface area contributed by atoms with E-state index >= 15 is 0 Å². The van der Waals surface area contributed by atoms with Crippen LogP contribution < -0.4 is 0 Å². The van der Waals surface area contributed by atoms with E-state index in [0.717, 1.165) is 11.3 Å². The molecule has 0 aliphatic carbocycles. The predicted molar refractivity (Wildman–Crippen MR) is 73.2 cm³/mol. The van der Waals surface area contributed by atoms with Crippen molar-refractivity contribution >= 4 is 35.0 Å². The zero-order chi connectivity index (χ0) is 13.3. The summed E-state index contributed by atoms with van der Waals surface area (Å²) in [4.78, 5) is 26.8. The molecule has 0 bridgehead atoms. The van der Waals surface area contributed by atoms with Gasteiger partial charge < -0.3 is 10.0 Å². The van der Waals surface area contributed by atoms with Gasteiger partial charge in [0.05, 0.1) is 10.3 Å². The molecule has 2 rings (SSSR count). The number of carbonyl (C=O) groups is 2. The summed E-state index contributed by atoms with van der Waals surface area (Å²) < 4.78 is 0. The quantitative estimate of drug-likeness (QED) is 0.926. The van der Waals surface area contributed by atoms with Crippen LogP contribution in [0.3, 0.4) is 0 Å². The second-order valence-corrected chi connectivity index (χ2v) is 6.67. The molecule has 0 spiro atoms. The first-order valence-electron chi connectivity index (χ1n) is 5.78. The van der Waals surface area contributed by atoms with Crippen molar-refractivity contribution in [2.45, 2.75) is 31.7 Å². The number of rotatable bonds is 3. The second kappa shape index (κ2) is 5.32. The van der Waals surface area contributed by atoms with Gasteiger partial charge in [0, 0.05) is 10.6 Å². The molecule has 4 nitrogen and oxygen atoms in total. The maximum Gasteiger partial charge on any atom is 0.327 e. The maximum atomic E-state index is 12.4. The fraction of sp³-hybridized carbons (Fsp3) is 0.500. The van der Waals surface area contributed by atoms with Crippen molar-refractivity contribution in [1.29, 1.82) is 0 Å². The zero-order valence-electron chi connectivity index (χ0n) is 10.3. The van der Waals surface area contributed by atoms with Crippen molar-refractivity contribution < 1.29 is 14.7 Å². The van der Waals surface area contributed by atoms with E-state index in [1.54, 1.807) is 17.8 Å². The summed E-state index contributed by atoms with van der Waals surface area (Å²) in [5.41, 5.74) is 0. The molecule has 0 radical (unpaired) electrons. The first kappa shape index (κ1) is 13.4. The van der Waals surface area contributed by atoms with Crippen molar-refractivity contribution in [2.24, 2.45) is 0 Å². The lowest BCUT2D eigenvalue weighted by atomic mass is 10.2. The molecule has 2 heterocycles. The van der Waals surface area contributed by atoms with E-state index in [1.807, 2.05) is 19.9 Å². The Morgan fingerprint density at radius 3 is 2.72 bits per heavy atom. The number of nitrogens with zero attached hydrogens (tertiary/aromatic N) is 1. The molecule has 2 atom stereocenters. The number of hydrogen-bond donors (Lipinski definition) is 1. The number of aliphatic carboxylic acids is 1. The van der Waals surface area contributed by atoms with Gasteiger partial charge in [-0.25, -0.2) is 4.79 Å². The van der Waals surface area contributed by atoms with E-state index in [0.29, 0.717) is 10.6 Å². The van der Waals surface area contributed by atoms with Gasteiger partial charge in [-0.05, 0) is 25.5 Å². The molecule has 1 amide bonds. The third-order valence-corrected chi connectivity index (χ3v) is 5.35. The number of carboxylic acid groups (broad SMARTS) is 1. The third-order valence-electron chi connectivity index (χ3n) is 2.91. The van der Waals surface area contributed by atoms with Gasteiger partial charge in [0.1, 0.15) is 6.04 Å². The Bertz CT molecular complexity index is 472. The summed E-state index contributed by atoms with van der Waals surface area (Å²) in [5.74, 6) is -0.596. The summed E-state index contributed by atoms with van der Waals surface area (Å²) in [7, 11) is 0. The van der Waals surface area contributed by atoms with Crippen molar-refractivity contribution in [3.8, 4) is 0 Å². The Balaban J connectivity index is 2.27. The molecule has 0 aromatic carbocycles. The Hall–Kier alpha value is -1.01. The van der Waals surface area contributed by atoms with E-state index in [1.165, 1.54) is 16.2 Å². The smallest absolute Gasteiger partial charge is 0.327 e. The van der Waals surface area contributed by atoms with Gasteiger partial charge in [0.25, 0.3) is 5.91 Å². The van der Waals surface area contributed by atoms with Crippen LogP contribution in [0, 0.1) is 6.92 Å². The summed E-state index contributed by atoms with van der Waals surface area (Å²) in [5, 5.41) is 9.17. The van der Waals surface area contributed by atoms with E-state index in [-0.39, 0.29) is 11.3 Å². The standard InChI is InChI=1S/C12H15NO3S2/c1-3-10-13(8(6-17-10)12(15)16)11(14)9-5-4-7(2)18-9/h4-5,8,10H,3,6H2,1-2H3,(H,15,16). The molecule has 1 N–H and O–H groups in total. The van der Waals surface area contributed by atoms with Gasteiger partial charge in [0.2, 0.25) is 0 Å². The molecule has 18 heavy (non-hydrogen) atoms. The van der Waals surface area contributed by atoms with Gasteiger partial charge in [-0.2, -0.15) is 0 Å². The Kier molecular flexibility index (Phi) is 3.97. The van der Waals surface area contributed by atoms with Crippen LogP contribution in [-0.4, -0.2) is 39.1 Å². The van der Waals surface area contributed by atoms with Gasteiger partial charge in [-0.3, -0.25) is 4.79 Å². The lowest BCUT2D eigenvalue weighted by Crippen LogP contribution is -2.45. The van der Waals surface area contributed by atoms with E-state index < -0.39 is 12.0 Å². The number of carbonyl (C=O) groups excluding carboxylic acids is 1. The highest BCUT2D eigenvalue weighted by atomic mass is 32.2. The van der Waals surface area contributed by atoms with Gasteiger partial charge in [0.15, 0.2) is 0 Å². The molecule has 1 aromatic heterocycles. The number of thiophene rings is 1. The minimum absolute atomic E-state index is 0.0268. The van der Waals surface area contributed by atoms with Crippen LogP contribution >= 0.6 is 23.1 Å². The zero-order valence-corrected chi connectivity index (χ0v) is 11.9. The normalized spacial score (nSPS) is 23.3. The SMILES string of the molecule is CCC1SCC(C(=O)O)N1C(=O)c1ccc(C)s1. The lowest BCUT2D eigenvalue weighted by molar-refractivity contribution is -0.141. The minimum Gasteiger partial charge on any atom is -0.480 e. The van der Waals surface area contributed by atoms with Crippen molar-refractivity contribution in [3.63, 3.8) is 0 Å². The first-order chi connectivity index (χ1) is 8.54. The van der Waals surface area contributed by atoms with Crippen LogP contribution in [0.2, 0.25) is 0 Å². The Labute approximate surface area is 114 Å². The summed E-state index contributed by atoms with van der Waals surface area (Å²) in [6.07, 6.45) is 0.768. The van der Waals surface area contributed by atoms with Crippen molar-refractivity contribution in [3.05, 3.63) is 21.9 Å². The molecular formula is C12H15NO3S2. The van der Waals surface area contributed by atoms with Gasteiger partial charge in [-0.15, -0.1) is 23.1 Å².